The Balaban J connectivity index is 2.05. The molecule has 4 amide bonds. The van der Waals surface area contributed by atoms with E-state index in [1.165, 1.54) is 37.2 Å². The Bertz CT molecular complexity index is 1670. The van der Waals surface area contributed by atoms with E-state index in [1.54, 1.807) is 64.1 Å². The maximum absolute atomic E-state index is 14.3. The van der Waals surface area contributed by atoms with Crippen LogP contribution in [0, 0.1) is 17.8 Å². The largest absolute Gasteiger partial charge is 0.508 e. The lowest BCUT2D eigenvalue weighted by atomic mass is 9.85. The summed E-state index contributed by atoms with van der Waals surface area (Å²) in [4.78, 5) is 79.5. The standard InChI is InChI=1S/C42H59N5O9/c1-26(2)37-40(53)44-34(25-30-16-12-17-31(49)24-30)41(54)47-23-13-18-33(46-47)42(55)56-35(27(3)15-11-20-36(50)43-6)19-10-8-7-9-14-28(4)38(51)32(39(52)45-37)22-21-29(5)48/h7-12,15-17,20,24,26,28,32-35,37-38,46,49,51H,13-14,18-19,21-23,25H2,1-6H3,(H,43,50)(H,44,53)(H,45,52). The number of rotatable bonds is 9. The molecule has 2 aliphatic rings. The number of benzene rings is 1. The third kappa shape index (κ3) is 14.2. The first-order valence-corrected chi connectivity index (χ1v) is 19.3. The molecule has 2 bridgehead atoms. The molecule has 0 spiro atoms. The summed E-state index contributed by atoms with van der Waals surface area (Å²) in [6.45, 7) is 8.71. The van der Waals surface area contributed by atoms with Crippen molar-refractivity contribution in [2.45, 2.75) is 110 Å². The van der Waals surface area contributed by atoms with Gasteiger partial charge in [0.15, 0.2) is 0 Å². The number of ketones is 1. The summed E-state index contributed by atoms with van der Waals surface area (Å²) in [6, 6.07) is 3.13. The number of amides is 4. The molecule has 0 saturated carbocycles. The van der Waals surface area contributed by atoms with E-state index < -0.39 is 71.8 Å². The van der Waals surface area contributed by atoms with Crippen molar-refractivity contribution in [3.63, 3.8) is 0 Å². The molecule has 306 valence electrons. The molecule has 1 fully saturated rings. The summed E-state index contributed by atoms with van der Waals surface area (Å²) in [5, 5.41) is 31.0. The van der Waals surface area contributed by atoms with Gasteiger partial charge >= 0.3 is 5.97 Å². The van der Waals surface area contributed by atoms with Gasteiger partial charge in [-0.15, -0.1) is 0 Å². The number of aliphatic hydroxyl groups is 1. The zero-order chi connectivity index (χ0) is 41.4. The number of ether oxygens (including phenoxy) is 1. The molecule has 0 radical (unpaired) electrons. The zero-order valence-electron chi connectivity index (χ0n) is 33.3. The van der Waals surface area contributed by atoms with Crippen LogP contribution < -0.4 is 21.4 Å². The molecular weight excluding hydrogens is 718 g/mol. The van der Waals surface area contributed by atoms with E-state index >= 15 is 0 Å². The molecule has 1 saturated heterocycles. The number of nitrogens with one attached hydrogen (secondary N) is 4. The van der Waals surface area contributed by atoms with Crippen LogP contribution in [0.25, 0.3) is 0 Å². The van der Waals surface area contributed by atoms with Crippen LogP contribution in [0.3, 0.4) is 0 Å². The van der Waals surface area contributed by atoms with E-state index in [0.29, 0.717) is 36.8 Å². The number of Topliss-reactive ketones (excluding diaryl/α,β-unsaturated/α-hetero) is 1. The number of aromatic hydroxyl groups is 1. The maximum Gasteiger partial charge on any atom is 0.325 e. The molecule has 6 N–H and O–H groups in total. The van der Waals surface area contributed by atoms with Crippen molar-refractivity contribution >= 4 is 35.4 Å². The summed E-state index contributed by atoms with van der Waals surface area (Å²) in [7, 11) is 1.52. The van der Waals surface area contributed by atoms with Crippen LogP contribution in [0.5, 0.6) is 5.75 Å². The Morgan fingerprint density at radius 1 is 1.05 bits per heavy atom. The Morgan fingerprint density at radius 3 is 2.43 bits per heavy atom. The number of hydrogen-bond acceptors (Lipinski definition) is 10. The molecule has 14 heteroatoms. The van der Waals surface area contributed by atoms with Crippen LogP contribution in [0.15, 0.2) is 72.4 Å². The van der Waals surface area contributed by atoms with Gasteiger partial charge in [-0.2, -0.15) is 0 Å². The molecule has 7 unspecified atom stereocenters. The molecule has 1 aromatic rings. The molecule has 7 atom stereocenters. The lowest BCUT2D eigenvalue weighted by Crippen LogP contribution is -2.62. The number of hydrogen-bond donors (Lipinski definition) is 6. The highest BCUT2D eigenvalue weighted by molar-refractivity contribution is 5.93. The van der Waals surface area contributed by atoms with Crippen molar-refractivity contribution in [2.75, 3.05) is 13.6 Å². The molecule has 0 aromatic heterocycles. The first-order valence-electron chi connectivity index (χ1n) is 19.3. The summed E-state index contributed by atoms with van der Waals surface area (Å²) < 4.78 is 6.00. The van der Waals surface area contributed by atoms with Gasteiger partial charge in [-0.1, -0.05) is 69.4 Å². The second-order valence-electron chi connectivity index (χ2n) is 14.9. The molecule has 2 aliphatic heterocycles. The fourth-order valence-electron chi connectivity index (χ4n) is 6.51. The van der Waals surface area contributed by atoms with E-state index in [1.807, 2.05) is 12.2 Å². The number of phenolic OH excluding ortho intramolecular Hbond substituents is 1. The van der Waals surface area contributed by atoms with Gasteiger partial charge in [-0.25, -0.2) is 5.43 Å². The lowest BCUT2D eigenvalue weighted by Gasteiger charge is -2.36. The number of nitrogens with zero attached hydrogens (tertiary/aromatic N) is 1. The topological polar surface area (TPSA) is 203 Å². The van der Waals surface area contributed by atoms with Gasteiger partial charge in [0.1, 0.15) is 35.8 Å². The fourth-order valence-corrected chi connectivity index (χ4v) is 6.51. The molecule has 3 rings (SSSR count). The Morgan fingerprint density at radius 2 is 1.77 bits per heavy atom. The molecule has 14 nitrogen and oxygen atoms in total. The van der Waals surface area contributed by atoms with Crippen molar-refractivity contribution in [1.29, 1.82) is 0 Å². The van der Waals surface area contributed by atoms with Crippen LogP contribution >= 0.6 is 0 Å². The number of allylic oxidation sites excluding steroid dienone is 5. The van der Waals surface area contributed by atoms with Crippen LogP contribution in [-0.4, -0.2) is 94.5 Å². The third-order valence-electron chi connectivity index (χ3n) is 9.95. The Kier molecular flexibility index (Phi) is 18.2. The van der Waals surface area contributed by atoms with Crippen LogP contribution in [0.1, 0.15) is 78.7 Å². The highest BCUT2D eigenvalue weighted by Crippen LogP contribution is 2.24. The summed E-state index contributed by atoms with van der Waals surface area (Å²) in [5.41, 5.74) is 4.23. The average molecular weight is 778 g/mol. The monoisotopic (exact) mass is 777 g/mol. The highest BCUT2D eigenvalue weighted by Gasteiger charge is 2.37. The molecule has 56 heavy (non-hydrogen) atoms. The first kappa shape index (κ1) is 45.3. The lowest BCUT2D eigenvalue weighted by molar-refractivity contribution is -0.156. The van der Waals surface area contributed by atoms with Crippen molar-refractivity contribution in [3.05, 3.63) is 77.9 Å². The van der Waals surface area contributed by atoms with Crippen LogP contribution in [-0.2, 0) is 39.9 Å². The molecule has 1 aromatic carbocycles. The van der Waals surface area contributed by atoms with E-state index in [4.69, 9.17) is 4.74 Å². The SMILES string of the molecule is CNC(=O)C=CC=C(C)C1CC=CC=CCC(C)C(O)C(CCC(C)=O)C(=O)NC(C(C)C)C(=O)NC(Cc2cccc(O)c2)C(=O)N2CCCC(N2)C(=O)O1. The predicted molar refractivity (Wildman–Crippen MR) is 211 cm³/mol. The molecular formula is C42H59N5O9. The Labute approximate surface area is 329 Å². The van der Waals surface area contributed by atoms with Crippen LogP contribution in [0.2, 0.25) is 0 Å². The average Bonchev–Trinajstić information content (AvgIpc) is 3.16. The minimum Gasteiger partial charge on any atom is -0.508 e. The van der Waals surface area contributed by atoms with Gasteiger partial charge in [-0.3, -0.25) is 29.0 Å². The zero-order valence-corrected chi connectivity index (χ0v) is 33.3. The number of carbonyl (C=O) groups is 6. The number of hydrazine groups is 1. The van der Waals surface area contributed by atoms with Crippen molar-refractivity contribution in [2.24, 2.45) is 17.8 Å². The second kappa shape index (κ2) is 22.5. The van der Waals surface area contributed by atoms with Gasteiger partial charge in [-0.05, 0) is 74.6 Å². The maximum atomic E-state index is 14.3. The minimum atomic E-state index is -1.18. The number of phenols is 1. The Hall–Kier alpha value is -5.08. The predicted octanol–water partition coefficient (Wildman–Crippen LogP) is 3.10. The first-order chi connectivity index (χ1) is 26.6. The normalized spacial score (nSPS) is 26.5. The van der Waals surface area contributed by atoms with E-state index in [2.05, 4.69) is 21.4 Å². The van der Waals surface area contributed by atoms with Crippen molar-refractivity contribution in [3.8, 4) is 5.75 Å². The summed E-state index contributed by atoms with van der Waals surface area (Å²) >= 11 is 0. The summed E-state index contributed by atoms with van der Waals surface area (Å²) in [5.74, 6) is -4.63. The molecule has 0 aliphatic carbocycles. The smallest absolute Gasteiger partial charge is 0.325 e. The van der Waals surface area contributed by atoms with Crippen molar-refractivity contribution in [1.82, 2.24) is 26.4 Å². The minimum absolute atomic E-state index is 0.0159. The van der Waals surface area contributed by atoms with Crippen LogP contribution in [0.4, 0.5) is 0 Å². The second-order valence-corrected chi connectivity index (χ2v) is 14.9. The number of aliphatic hydroxyl groups excluding tert-OH is 1. The van der Waals surface area contributed by atoms with Gasteiger partial charge in [0.2, 0.25) is 17.7 Å². The number of carbonyl (C=O) groups excluding carboxylic acids is 6. The van der Waals surface area contributed by atoms with Gasteiger partial charge in [0.05, 0.1) is 12.0 Å². The highest BCUT2D eigenvalue weighted by atomic mass is 16.5. The number of fused-ring (bicyclic) bond motifs is 2. The summed E-state index contributed by atoms with van der Waals surface area (Å²) in [6.07, 6.45) is 11.7. The number of esters is 1. The van der Waals surface area contributed by atoms with Gasteiger partial charge in [0, 0.05) is 38.9 Å². The number of likely N-dealkylation sites (N-methyl/N-ethyl adjacent to an activating group) is 1. The van der Waals surface area contributed by atoms with Crippen molar-refractivity contribution < 1.29 is 43.7 Å². The fraction of sp³-hybridized carbons (Fsp3) is 0.524. The van der Waals surface area contributed by atoms with E-state index in [9.17, 15) is 39.0 Å². The van der Waals surface area contributed by atoms with E-state index in [-0.39, 0.29) is 43.2 Å². The van der Waals surface area contributed by atoms with Gasteiger partial charge < -0.3 is 35.7 Å². The van der Waals surface area contributed by atoms with Gasteiger partial charge in [0.25, 0.3) is 5.91 Å². The number of cyclic esters (lactones) is 1. The molecule has 2 heterocycles. The van der Waals surface area contributed by atoms with E-state index in [0.717, 1.165) is 0 Å². The third-order valence-corrected chi connectivity index (χ3v) is 9.95. The quantitative estimate of drug-likeness (QED) is 0.123.